The zero-order chi connectivity index (χ0) is 11.4. The summed E-state index contributed by atoms with van der Waals surface area (Å²) in [5.74, 6) is 6.69. The third kappa shape index (κ3) is 2.20. The standard InChI is InChI=1S/C14H17NO/c1-2-3-10-16-14-9-5-6-11-12(14)7-4-8-13(11)15/h5-6,9,13H,4,7-8,10,15H2,1H3. The van der Waals surface area contributed by atoms with E-state index in [0.717, 1.165) is 25.0 Å². The predicted octanol–water partition coefficient (Wildman–Crippen LogP) is 2.42. The van der Waals surface area contributed by atoms with Gasteiger partial charge < -0.3 is 10.5 Å². The molecule has 0 saturated carbocycles. The Balaban J connectivity index is 2.24. The molecule has 1 atom stereocenters. The molecule has 2 N–H and O–H groups in total. The van der Waals surface area contributed by atoms with Gasteiger partial charge in [-0.15, -0.1) is 5.92 Å². The summed E-state index contributed by atoms with van der Waals surface area (Å²) in [6.07, 6.45) is 3.29. The van der Waals surface area contributed by atoms with Gasteiger partial charge in [0.15, 0.2) is 0 Å². The van der Waals surface area contributed by atoms with Crippen LogP contribution in [0.5, 0.6) is 5.75 Å². The van der Waals surface area contributed by atoms with Gasteiger partial charge in [0.25, 0.3) is 0 Å². The maximum absolute atomic E-state index is 6.09. The minimum Gasteiger partial charge on any atom is -0.481 e. The van der Waals surface area contributed by atoms with Crippen molar-refractivity contribution in [2.75, 3.05) is 6.61 Å². The molecule has 0 fully saturated rings. The number of ether oxygens (including phenoxy) is 1. The Bertz CT molecular complexity index is 428. The minimum absolute atomic E-state index is 0.171. The van der Waals surface area contributed by atoms with E-state index in [2.05, 4.69) is 17.9 Å². The lowest BCUT2D eigenvalue weighted by Crippen LogP contribution is -2.18. The van der Waals surface area contributed by atoms with Crippen molar-refractivity contribution in [1.82, 2.24) is 0 Å². The average Bonchev–Trinajstić information content (AvgIpc) is 2.31. The number of rotatable bonds is 2. The van der Waals surface area contributed by atoms with Crippen LogP contribution < -0.4 is 10.5 Å². The fourth-order valence-electron chi connectivity index (χ4n) is 2.17. The number of fused-ring (bicyclic) bond motifs is 1. The quantitative estimate of drug-likeness (QED) is 0.769. The summed E-state index contributed by atoms with van der Waals surface area (Å²) in [5, 5.41) is 0. The molecular weight excluding hydrogens is 198 g/mol. The summed E-state index contributed by atoms with van der Waals surface area (Å²) >= 11 is 0. The fourth-order valence-corrected chi connectivity index (χ4v) is 2.17. The molecule has 84 valence electrons. The highest BCUT2D eigenvalue weighted by atomic mass is 16.5. The van der Waals surface area contributed by atoms with Crippen molar-refractivity contribution in [2.24, 2.45) is 5.73 Å². The van der Waals surface area contributed by atoms with E-state index in [0.29, 0.717) is 6.61 Å². The van der Waals surface area contributed by atoms with Gasteiger partial charge in [-0.2, -0.15) is 0 Å². The summed E-state index contributed by atoms with van der Waals surface area (Å²) in [6.45, 7) is 2.28. The molecule has 0 heterocycles. The van der Waals surface area contributed by atoms with Gasteiger partial charge in [0.2, 0.25) is 0 Å². The summed E-state index contributed by atoms with van der Waals surface area (Å²) < 4.78 is 5.66. The topological polar surface area (TPSA) is 35.2 Å². The number of hydrogen-bond acceptors (Lipinski definition) is 2. The summed E-state index contributed by atoms with van der Waals surface area (Å²) in [6, 6.07) is 6.30. The van der Waals surface area contributed by atoms with Gasteiger partial charge in [-0.05, 0) is 43.4 Å². The second kappa shape index (κ2) is 5.05. The first kappa shape index (κ1) is 11.0. The van der Waals surface area contributed by atoms with E-state index < -0.39 is 0 Å². The molecule has 2 heteroatoms. The largest absolute Gasteiger partial charge is 0.481 e. The zero-order valence-electron chi connectivity index (χ0n) is 9.62. The van der Waals surface area contributed by atoms with Crippen molar-refractivity contribution in [3.05, 3.63) is 29.3 Å². The van der Waals surface area contributed by atoms with Crippen LogP contribution in [0.3, 0.4) is 0 Å². The molecule has 2 nitrogen and oxygen atoms in total. The molecule has 1 aliphatic rings. The van der Waals surface area contributed by atoms with Crippen LogP contribution in [0, 0.1) is 11.8 Å². The number of nitrogens with two attached hydrogens (primary N) is 1. The van der Waals surface area contributed by atoms with Gasteiger partial charge >= 0.3 is 0 Å². The normalized spacial score (nSPS) is 18.2. The second-order valence-electron chi connectivity index (χ2n) is 4.04. The van der Waals surface area contributed by atoms with E-state index >= 15 is 0 Å². The van der Waals surface area contributed by atoms with Crippen LogP contribution >= 0.6 is 0 Å². The van der Waals surface area contributed by atoms with Crippen LogP contribution in [0.2, 0.25) is 0 Å². The zero-order valence-corrected chi connectivity index (χ0v) is 9.62. The molecule has 0 saturated heterocycles. The molecule has 1 aliphatic carbocycles. The first-order valence-corrected chi connectivity index (χ1v) is 5.72. The van der Waals surface area contributed by atoms with E-state index in [4.69, 9.17) is 10.5 Å². The van der Waals surface area contributed by atoms with Gasteiger partial charge in [0.1, 0.15) is 12.4 Å². The minimum atomic E-state index is 0.171. The van der Waals surface area contributed by atoms with Crippen molar-refractivity contribution >= 4 is 0 Å². The summed E-state index contributed by atoms with van der Waals surface area (Å²) in [5.41, 5.74) is 8.61. The first-order valence-electron chi connectivity index (χ1n) is 5.72. The Labute approximate surface area is 96.8 Å². The maximum Gasteiger partial charge on any atom is 0.149 e. The fraction of sp³-hybridized carbons (Fsp3) is 0.429. The molecule has 0 aromatic heterocycles. The molecule has 1 aromatic rings. The van der Waals surface area contributed by atoms with Crippen LogP contribution in [0.4, 0.5) is 0 Å². The molecule has 1 unspecified atom stereocenters. The lowest BCUT2D eigenvalue weighted by atomic mass is 9.88. The molecular formula is C14H17NO. The molecule has 1 aromatic carbocycles. The lowest BCUT2D eigenvalue weighted by molar-refractivity contribution is 0.362. The van der Waals surface area contributed by atoms with Crippen molar-refractivity contribution in [3.63, 3.8) is 0 Å². The Morgan fingerprint density at radius 3 is 3.19 bits per heavy atom. The van der Waals surface area contributed by atoms with Crippen molar-refractivity contribution in [2.45, 2.75) is 32.2 Å². The lowest BCUT2D eigenvalue weighted by Gasteiger charge is -2.24. The highest BCUT2D eigenvalue weighted by molar-refractivity contribution is 5.43. The van der Waals surface area contributed by atoms with Crippen molar-refractivity contribution in [1.29, 1.82) is 0 Å². The van der Waals surface area contributed by atoms with Crippen molar-refractivity contribution in [3.8, 4) is 17.6 Å². The van der Waals surface area contributed by atoms with Gasteiger partial charge in [-0.25, -0.2) is 0 Å². The highest BCUT2D eigenvalue weighted by Gasteiger charge is 2.19. The average molecular weight is 215 g/mol. The van der Waals surface area contributed by atoms with Gasteiger partial charge in [0.05, 0.1) is 0 Å². The van der Waals surface area contributed by atoms with E-state index in [1.165, 1.54) is 11.1 Å². The van der Waals surface area contributed by atoms with Crippen molar-refractivity contribution < 1.29 is 4.74 Å². The van der Waals surface area contributed by atoms with Gasteiger partial charge in [-0.1, -0.05) is 18.1 Å². The molecule has 0 radical (unpaired) electrons. The van der Waals surface area contributed by atoms with Crippen LogP contribution in [0.25, 0.3) is 0 Å². The first-order chi connectivity index (χ1) is 7.83. The van der Waals surface area contributed by atoms with Crippen LogP contribution in [-0.2, 0) is 6.42 Å². The number of hydrogen-bond donors (Lipinski definition) is 1. The van der Waals surface area contributed by atoms with Gasteiger partial charge in [-0.3, -0.25) is 0 Å². The summed E-state index contributed by atoms with van der Waals surface area (Å²) in [7, 11) is 0. The predicted molar refractivity (Wildman–Crippen MR) is 65.3 cm³/mol. The smallest absolute Gasteiger partial charge is 0.149 e. The number of benzene rings is 1. The van der Waals surface area contributed by atoms with Crippen LogP contribution in [0.1, 0.15) is 36.9 Å². The van der Waals surface area contributed by atoms with E-state index in [1.54, 1.807) is 0 Å². The Morgan fingerprint density at radius 1 is 1.50 bits per heavy atom. The molecule has 2 rings (SSSR count). The maximum atomic E-state index is 6.09. The molecule has 0 amide bonds. The second-order valence-corrected chi connectivity index (χ2v) is 4.04. The van der Waals surface area contributed by atoms with Crippen LogP contribution in [-0.4, -0.2) is 6.61 Å². The third-order valence-corrected chi connectivity index (χ3v) is 2.99. The monoisotopic (exact) mass is 215 g/mol. The van der Waals surface area contributed by atoms with E-state index in [1.807, 2.05) is 19.1 Å². The van der Waals surface area contributed by atoms with E-state index in [-0.39, 0.29) is 6.04 Å². The Kier molecular flexibility index (Phi) is 3.48. The van der Waals surface area contributed by atoms with Gasteiger partial charge in [0, 0.05) is 6.04 Å². The molecule has 0 spiro atoms. The highest BCUT2D eigenvalue weighted by Crippen LogP contribution is 2.33. The molecule has 0 aliphatic heterocycles. The van der Waals surface area contributed by atoms with Crippen LogP contribution in [0.15, 0.2) is 18.2 Å². The Hall–Kier alpha value is -1.46. The molecule has 16 heavy (non-hydrogen) atoms. The molecule has 0 bridgehead atoms. The summed E-state index contributed by atoms with van der Waals surface area (Å²) in [4.78, 5) is 0. The third-order valence-electron chi connectivity index (χ3n) is 2.99. The van der Waals surface area contributed by atoms with E-state index in [9.17, 15) is 0 Å². The SMILES string of the molecule is CC#CCOc1cccc2c1CCCC2N. The Morgan fingerprint density at radius 2 is 2.38 bits per heavy atom.